The number of aryl methyl sites for hydroxylation is 3. The molecule has 0 aromatic heterocycles. The SMILES string of the molecule is CSCCC(NC(=O)c1ccc(CCc2ccc3c(c2)Cc2ccccc2-3)cc1-c1ccccc1C)C(=O)[O-].[Li+]. The minimum atomic E-state index is -1.26. The van der Waals surface area contributed by atoms with Crippen molar-refractivity contribution in [2.45, 2.75) is 38.6 Å². The number of fused-ring (bicyclic) bond motifs is 3. The van der Waals surface area contributed by atoms with E-state index in [1.807, 2.05) is 49.6 Å². The first-order valence-electron chi connectivity index (χ1n) is 13.3. The topological polar surface area (TPSA) is 69.2 Å². The van der Waals surface area contributed by atoms with Gasteiger partial charge < -0.3 is 15.2 Å². The monoisotopic (exact) mass is 541 g/mol. The van der Waals surface area contributed by atoms with Gasteiger partial charge in [0.25, 0.3) is 5.91 Å². The number of carboxylic acids is 1. The Morgan fingerprint density at radius 3 is 2.20 bits per heavy atom. The minimum absolute atomic E-state index is 0. The number of carboxylic acid groups (broad SMARTS) is 1. The number of nitrogens with one attached hydrogen (secondary N) is 1. The van der Waals surface area contributed by atoms with Gasteiger partial charge in [-0.25, -0.2) is 0 Å². The molecule has 0 radical (unpaired) electrons. The van der Waals surface area contributed by atoms with Crippen molar-refractivity contribution in [3.63, 3.8) is 0 Å². The zero-order chi connectivity index (χ0) is 27.4. The molecule has 1 atom stereocenters. The van der Waals surface area contributed by atoms with Crippen molar-refractivity contribution in [3.8, 4) is 22.3 Å². The van der Waals surface area contributed by atoms with Gasteiger partial charge in [-0.2, -0.15) is 11.8 Å². The summed E-state index contributed by atoms with van der Waals surface area (Å²) in [7, 11) is 0. The van der Waals surface area contributed by atoms with Gasteiger partial charge in [0, 0.05) is 5.56 Å². The van der Waals surface area contributed by atoms with E-state index >= 15 is 0 Å². The normalized spacial score (nSPS) is 12.2. The Hall–Kier alpha value is -3.23. The van der Waals surface area contributed by atoms with Crippen molar-refractivity contribution < 1.29 is 33.6 Å². The molecule has 198 valence electrons. The maximum atomic E-state index is 13.3. The van der Waals surface area contributed by atoms with Crippen LogP contribution in [0.2, 0.25) is 0 Å². The molecule has 4 aromatic carbocycles. The van der Waals surface area contributed by atoms with Gasteiger partial charge >= 0.3 is 18.9 Å². The molecular formula is C34H32LiNO3S. The van der Waals surface area contributed by atoms with Crippen LogP contribution in [0.5, 0.6) is 0 Å². The van der Waals surface area contributed by atoms with E-state index in [4.69, 9.17) is 0 Å². The molecule has 5 rings (SSSR count). The van der Waals surface area contributed by atoms with Gasteiger partial charge in [0.05, 0.1) is 12.0 Å². The predicted molar refractivity (Wildman–Crippen MR) is 158 cm³/mol. The molecule has 1 amide bonds. The molecule has 6 heteroatoms. The molecule has 1 aliphatic carbocycles. The van der Waals surface area contributed by atoms with Crippen LogP contribution in [-0.4, -0.2) is 29.9 Å². The van der Waals surface area contributed by atoms with E-state index in [0.717, 1.165) is 41.5 Å². The number of thioether (sulfide) groups is 1. The van der Waals surface area contributed by atoms with Gasteiger partial charge in [0.1, 0.15) is 0 Å². The van der Waals surface area contributed by atoms with E-state index in [0.29, 0.717) is 17.7 Å². The zero-order valence-electron chi connectivity index (χ0n) is 23.3. The molecule has 0 aliphatic heterocycles. The van der Waals surface area contributed by atoms with Crippen molar-refractivity contribution in [1.82, 2.24) is 5.32 Å². The molecule has 0 spiro atoms. The number of benzene rings is 4. The van der Waals surface area contributed by atoms with E-state index in [2.05, 4.69) is 53.8 Å². The second-order valence-electron chi connectivity index (χ2n) is 10.1. The van der Waals surface area contributed by atoms with Crippen molar-refractivity contribution >= 4 is 23.6 Å². The largest absolute Gasteiger partial charge is 1.00 e. The summed E-state index contributed by atoms with van der Waals surface area (Å²) < 4.78 is 0. The number of rotatable bonds is 10. The first-order chi connectivity index (χ1) is 18.9. The smallest absolute Gasteiger partial charge is 0.548 e. The van der Waals surface area contributed by atoms with E-state index < -0.39 is 17.9 Å². The van der Waals surface area contributed by atoms with Gasteiger partial charge in [-0.3, -0.25) is 4.79 Å². The van der Waals surface area contributed by atoms with Crippen LogP contribution < -0.4 is 29.3 Å². The first kappa shape index (κ1) is 29.7. The summed E-state index contributed by atoms with van der Waals surface area (Å²) in [5, 5.41) is 14.3. The van der Waals surface area contributed by atoms with Crippen LogP contribution in [0.1, 0.15) is 44.6 Å². The molecule has 1 unspecified atom stereocenters. The van der Waals surface area contributed by atoms with Gasteiger partial charge in [-0.1, -0.05) is 78.9 Å². The van der Waals surface area contributed by atoms with Crippen molar-refractivity contribution in [2.75, 3.05) is 12.0 Å². The fraction of sp³-hybridized carbons (Fsp3) is 0.235. The quantitative estimate of drug-likeness (QED) is 0.276. The van der Waals surface area contributed by atoms with Gasteiger partial charge in [-0.05, 0) is 101 Å². The summed E-state index contributed by atoms with van der Waals surface area (Å²) in [6, 6.07) is 28.2. The molecule has 4 nitrogen and oxygen atoms in total. The molecular weight excluding hydrogens is 509 g/mol. The number of hydrogen-bond acceptors (Lipinski definition) is 4. The van der Waals surface area contributed by atoms with Crippen LogP contribution in [0.4, 0.5) is 0 Å². The zero-order valence-corrected chi connectivity index (χ0v) is 24.1. The first-order valence-corrected chi connectivity index (χ1v) is 14.7. The maximum Gasteiger partial charge on any atom is 1.00 e. The molecule has 0 heterocycles. The van der Waals surface area contributed by atoms with Crippen molar-refractivity contribution in [3.05, 3.63) is 118 Å². The van der Waals surface area contributed by atoms with Gasteiger partial charge in [0.2, 0.25) is 0 Å². The molecule has 0 saturated heterocycles. The number of amides is 1. The molecule has 40 heavy (non-hydrogen) atoms. The molecule has 0 fully saturated rings. The fourth-order valence-electron chi connectivity index (χ4n) is 5.41. The molecule has 4 aromatic rings. The van der Waals surface area contributed by atoms with E-state index in [1.54, 1.807) is 0 Å². The molecule has 1 aliphatic rings. The van der Waals surface area contributed by atoms with Gasteiger partial charge in [0.15, 0.2) is 0 Å². The number of hydrogen-bond donors (Lipinski definition) is 1. The summed E-state index contributed by atoms with van der Waals surface area (Å²) in [4.78, 5) is 25.0. The van der Waals surface area contributed by atoms with E-state index in [-0.39, 0.29) is 18.9 Å². The average molecular weight is 542 g/mol. The van der Waals surface area contributed by atoms with Crippen LogP contribution in [0.15, 0.2) is 84.9 Å². The number of carbonyl (C=O) groups is 2. The van der Waals surface area contributed by atoms with Gasteiger partial charge in [-0.15, -0.1) is 0 Å². The summed E-state index contributed by atoms with van der Waals surface area (Å²) in [6.07, 6.45) is 4.93. The number of aliphatic carboxylic acids is 1. The van der Waals surface area contributed by atoms with E-state index in [1.165, 1.54) is 39.6 Å². The summed E-state index contributed by atoms with van der Waals surface area (Å²) >= 11 is 1.54. The van der Waals surface area contributed by atoms with Crippen LogP contribution in [0.25, 0.3) is 22.3 Å². The fourth-order valence-corrected chi connectivity index (χ4v) is 5.88. The van der Waals surface area contributed by atoms with Crippen LogP contribution >= 0.6 is 11.8 Å². The Kier molecular flexibility index (Phi) is 9.98. The standard InChI is InChI=1S/C34H33NO3S.Li/c1-22-7-3-5-9-27(22)31-20-24(14-16-30(31)33(36)35-32(34(37)38)17-18-39-2)12-11-23-13-15-29-26(19-23)21-25-8-4-6-10-28(25)29;/h3-10,13-16,19-20,32H,11-12,17-18,21H2,1-2H3,(H,35,36)(H,37,38);/q;+1/p-1. The summed E-state index contributed by atoms with van der Waals surface area (Å²) in [5.41, 5.74) is 11.2. The third kappa shape index (κ3) is 6.55. The Bertz CT molecular complexity index is 1530. The van der Waals surface area contributed by atoms with Crippen LogP contribution in [0.3, 0.4) is 0 Å². The van der Waals surface area contributed by atoms with Crippen LogP contribution in [-0.2, 0) is 24.1 Å². The maximum absolute atomic E-state index is 13.3. The Morgan fingerprint density at radius 1 is 0.825 bits per heavy atom. The Balaban J connectivity index is 0.00000370. The van der Waals surface area contributed by atoms with Crippen molar-refractivity contribution in [1.29, 1.82) is 0 Å². The third-order valence-corrected chi connectivity index (χ3v) is 8.17. The minimum Gasteiger partial charge on any atom is -0.548 e. The molecule has 1 N–H and O–H groups in total. The number of carbonyl (C=O) groups excluding carboxylic acids is 2. The summed E-state index contributed by atoms with van der Waals surface area (Å²) in [5.74, 6) is -1.03. The molecule has 0 saturated carbocycles. The Labute approximate surface area is 252 Å². The average Bonchev–Trinajstić information content (AvgIpc) is 3.32. The summed E-state index contributed by atoms with van der Waals surface area (Å²) in [6.45, 7) is 2.02. The van der Waals surface area contributed by atoms with Crippen molar-refractivity contribution in [2.24, 2.45) is 0 Å². The Morgan fingerprint density at radius 2 is 1.48 bits per heavy atom. The van der Waals surface area contributed by atoms with E-state index in [9.17, 15) is 14.7 Å². The molecule has 0 bridgehead atoms. The predicted octanol–water partition coefficient (Wildman–Crippen LogP) is 2.62. The third-order valence-electron chi connectivity index (χ3n) is 7.52. The second kappa shape index (κ2) is 13.4. The second-order valence-corrected chi connectivity index (χ2v) is 11.1. The van der Waals surface area contributed by atoms with Crippen LogP contribution in [0, 0.1) is 6.92 Å².